The summed E-state index contributed by atoms with van der Waals surface area (Å²) in [7, 11) is 4.08. The third kappa shape index (κ3) is 3.59. The van der Waals surface area contributed by atoms with Crippen LogP contribution in [0.15, 0.2) is 67.1 Å². The molecule has 0 saturated heterocycles. The number of anilines is 1. The molecule has 0 saturated carbocycles. The van der Waals surface area contributed by atoms with Gasteiger partial charge in [0.1, 0.15) is 18.0 Å². The maximum Gasteiger partial charge on any atom is 0.150 e. The first-order valence-corrected chi connectivity index (χ1v) is 9.19. The smallest absolute Gasteiger partial charge is 0.150 e. The monoisotopic (exact) mass is 375 g/mol. The second kappa shape index (κ2) is 7.78. The van der Waals surface area contributed by atoms with E-state index in [-0.39, 0.29) is 5.82 Å². The van der Waals surface area contributed by atoms with Gasteiger partial charge >= 0.3 is 0 Å². The van der Waals surface area contributed by atoms with E-state index < -0.39 is 0 Å². The van der Waals surface area contributed by atoms with Gasteiger partial charge in [0.05, 0.1) is 5.39 Å². The molecule has 5 nitrogen and oxygen atoms in total. The van der Waals surface area contributed by atoms with Gasteiger partial charge in [0.25, 0.3) is 0 Å². The molecule has 0 aliphatic heterocycles. The molecule has 0 fully saturated rings. The average molecular weight is 375 g/mol. The van der Waals surface area contributed by atoms with Crippen LogP contribution in [-0.2, 0) is 0 Å². The normalized spacial score (nSPS) is 11.3. The second-order valence-corrected chi connectivity index (χ2v) is 6.91. The van der Waals surface area contributed by atoms with Crippen molar-refractivity contribution in [1.82, 2.24) is 19.4 Å². The molecule has 2 heterocycles. The van der Waals surface area contributed by atoms with Crippen molar-refractivity contribution in [3.63, 3.8) is 0 Å². The summed E-state index contributed by atoms with van der Waals surface area (Å²) in [5.74, 6) is 0.538. The van der Waals surface area contributed by atoms with Crippen molar-refractivity contribution in [3.8, 4) is 16.8 Å². The van der Waals surface area contributed by atoms with Crippen LogP contribution < -0.4 is 5.32 Å². The third-order valence-corrected chi connectivity index (χ3v) is 4.62. The van der Waals surface area contributed by atoms with E-state index in [4.69, 9.17) is 0 Å². The zero-order valence-electron chi connectivity index (χ0n) is 15.9. The minimum Gasteiger partial charge on any atom is -0.368 e. The number of halogens is 1. The van der Waals surface area contributed by atoms with Crippen LogP contribution in [0.3, 0.4) is 0 Å². The molecule has 0 atom stereocenters. The Bertz CT molecular complexity index is 1070. The number of hydrogen-bond acceptors (Lipinski definition) is 4. The Labute approximate surface area is 163 Å². The lowest BCUT2D eigenvalue weighted by Gasteiger charge is -2.12. The van der Waals surface area contributed by atoms with Gasteiger partial charge in [-0.2, -0.15) is 0 Å². The Morgan fingerprint density at radius 2 is 1.75 bits per heavy atom. The molecule has 0 unspecified atom stereocenters. The fraction of sp³-hybridized carbons (Fsp3) is 0.182. The van der Waals surface area contributed by atoms with Crippen LogP contribution in [0.5, 0.6) is 0 Å². The Balaban J connectivity index is 1.88. The van der Waals surface area contributed by atoms with Crippen LogP contribution in [-0.4, -0.2) is 46.6 Å². The van der Waals surface area contributed by atoms with E-state index >= 15 is 0 Å². The van der Waals surface area contributed by atoms with Gasteiger partial charge in [0, 0.05) is 30.5 Å². The summed E-state index contributed by atoms with van der Waals surface area (Å²) in [5.41, 5.74) is 3.76. The van der Waals surface area contributed by atoms with Crippen LogP contribution in [0.1, 0.15) is 0 Å². The molecular formula is C22H22FN5. The number of aromatic nitrogens is 3. The molecule has 28 heavy (non-hydrogen) atoms. The third-order valence-electron chi connectivity index (χ3n) is 4.62. The summed E-state index contributed by atoms with van der Waals surface area (Å²) in [4.78, 5) is 11.2. The quantitative estimate of drug-likeness (QED) is 0.549. The van der Waals surface area contributed by atoms with Crippen LogP contribution in [0.2, 0.25) is 0 Å². The molecule has 0 bridgehead atoms. The van der Waals surface area contributed by atoms with E-state index in [9.17, 15) is 4.39 Å². The van der Waals surface area contributed by atoms with Crippen LogP contribution in [0.25, 0.3) is 27.8 Å². The van der Waals surface area contributed by atoms with E-state index in [1.54, 1.807) is 18.5 Å². The molecule has 0 aliphatic carbocycles. The Hall–Kier alpha value is -3.25. The van der Waals surface area contributed by atoms with E-state index in [1.165, 1.54) is 12.1 Å². The zero-order valence-corrected chi connectivity index (χ0v) is 15.9. The number of benzene rings is 2. The Morgan fingerprint density at radius 1 is 1.00 bits per heavy atom. The van der Waals surface area contributed by atoms with Crippen molar-refractivity contribution in [2.75, 3.05) is 32.5 Å². The summed E-state index contributed by atoms with van der Waals surface area (Å²) in [5, 5.41) is 4.39. The molecule has 2 aromatic heterocycles. The summed E-state index contributed by atoms with van der Waals surface area (Å²) in [6, 6.07) is 16.6. The van der Waals surface area contributed by atoms with Gasteiger partial charge < -0.3 is 14.8 Å². The highest BCUT2D eigenvalue weighted by Gasteiger charge is 2.17. The fourth-order valence-corrected chi connectivity index (χ4v) is 3.23. The summed E-state index contributed by atoms with van der Waals surface area (Å²) < 4.78 is 15.4. The van der Waals surface area contributed by atoms with Gasteiger partial charge in [0.15, 0.2) is 5.65 Å². The summed E-state index contributed by atoms with van der Waals surface area (Å²) in [6.45, 7) is 1.67. The van der Waals surface area contributed by atoms with Crippen LogP contribution in [0, 0.1) is 5.82 Å². The van der Waals surface area contributed by atoms with Crippen LogP contribution >= 0.6 is 0 Å². The van der Waals surface area contributed by atoms with Crippen molar-refractivity contribution < 1.29 is 4.39 Å². The van der Waals surface area contributed by atoms with E-state index in [1.807, 2.05) is 43.1 Å². The van der Waals surface area contributed by atoms with Gasteiger partial charge in [-0.05, 0) is 43.9 Å². The molecule has 6 heteroatoms. The van der Waals surface area contributed by atoms with Gasteiger partial charge in [0.2, 0.25) is 0 Å². The van der Waals surface area contributed by atoms with Crippen LogP contribution in [0.4, 0.5) is 10.2 Å². The fourth-order valence-electron chi connectivity index (χ4n) is 3.23. The number of nitrogens with zero attached hydrogens (tertiary/aromatic N) is 4. The first kappa shape index (κ1) is 18.1. The number of rotatable bonds is 6. The highest BCUT2D eigenvalue weighted by Crippen LogP contribution is 2.35. The molecule has 0 aliphatic rings. The van der Waals surface area contributed by atoms with E-state index in [0.29, 0.717) is 0 Å². The highest BCUT2D eigenvalue weighted by molar-refractivity contribution is 6.02. The Kier molecular flexibility index (Phi) is 5.04. The topological polar surface area (TPSA) is 46.0 Å². The van der Waals surface area contributed by atoms with Crippen molar-refractivity contribution >= 4 is 16.9 Å². The molecule has 4 aromatic rings. The zero-order chi connectivity index (χ0) is 19.5. The lowest BCUT2D eigenvalue weighted by Crippen LogP contribution is -2.21. The van der Waals surface area contributed by atoms with Crippen molar-refractivity contribution in [2.45, 2.75) is 0 Å². The SMILES string of the molecule is CN(C)CCNc1ncnc2c1c(-c1ccccc1)cn2-c1ccc(F)cc1. The molecule has 0 spiro atoms. The van der Waals surface area contributed by atoms with Crippen molar-refractivity contribution in [2.24, 2.45) is 0 Å². The van der Waals surface area contributed by atoms with Crippen molar-refractivity contribution in [3.05, 3.63) is 72.9 Å². The number of fused-ring (bicyclic) bond motifs is 1. The van der Waals surface area contributed by atoms with Gasteiger partial charge in [-0.15, -0.1) is 0 Å². The van der Waals surface area contributed by atoms with E-state index in [2.05, 4.69) is 32.3 Å². The molecule has 0 amide bonds. The predicted molar refractivity (Wildman–Crippen MR) is 111 cm³/mol. The first-order chi connectivity index (χ1) is 13.6. The van der Waals surface area contributed by atoms with Gasteiger partial charge in [-0.3, -0.25) is 0 Å². The molecule has 1 N–H and O–H groups in total. The Morgan fingerprint density at radius 3 is 2.46 bits per heavy atom. The molecular weight excluding hydrogens is 353 g/mol. The number of nitrogens with one attached hydrogen (secondary N) is 1. The molecule has 142 valence electrons. The summed E-state index contributed by atoms with van der Waals surface area (Å²) in [6.07, 6.45) is 3.61. The highest BCUT2D eigenvalue weighted by atomic mass is 19.1. The van der Waals surface area contributed by atoms with Crippen molar-refractivity contribution in [1.29, 1.82) is 0 Å². The van der Waals surface area contributed by atoms with Gasteiger partial charge in [-0.25, -0.2) is 14.4 Å². The molecule has 0 radical (unpaired) electrons. The minimum atomic E-state index is -0.260. The molecule has 2 aromatic carbocycles. The number of likely N-dealkylation sites (N-methyl/N-ethyl adjacent to an activating group) is 1. The average Bonchev–Trinajstić information content (AvgIpc) is 3.10. The first-order valence-electron chi connectivity index (χ1n) is 9.19. The second-order valence-electron chi connectivity index (χ2n) is 6.91. The maximum absolute atomic E-state index is 13.4. The molecule has 4 rings (SSSR count). The number of hydrogen-bond donors (Lipinski definition) is 1. The largest absolute Gasteiger partial charge is 0.368 e. The lowest BCUT2D eigenvalue weighted by atomic mass is 10.1. The summed E-state index contributed by atoms with van der Waals surface area (Å²) >= 11 is 0. The van der Waals surface area contributed by atoms with E-state index in [0.717, 1.165) is 46.8 Å². The minimum absolute atomic E-state index is 0.260. The predicted octanol–water partition coefficient (Wildman–Crippen LogP) is 4.20. The maximum atomic E-state index is 13.4. The van der Waals surface area contributed by atoms with Gasteiger partial charge in [-0.1, -0.05) is 30.3 Å². The standard InChI is InChI=1S/C22H22FN5/c1-27(2)13-12-24-21-20-19(16-6-4-3-5-7-16)14-28(22(20)26-15-25-21)18-10-8-17(23)9-11-18/h3-11,14-15H,12-13H2,1-2H3,(H,24,25,26). The lowest BCUT2D eigenvalue weighted by molar-refractivity contribution is 0.425.